The van der Waals surface area contributed by atoms with E-state index in [1.54, 1.807) is 11.3 Å². The Labute approximate surface area is 166 Å². The molecule has 3 heterocycles. The van der Waals surface area contributed by atoms with Crippen LogP contribution in [0.25, 0.3) is 10.2 Å². The minimum atomic E-state index is -0.688. The van der Waals surface area contributed by atoms with Crippen molar-refractivity contribution in [2.24, 2.45) is 0 Å². The number of hydrogen-bond donors (Lipinski definition) is 0. The number of hydrogen-bond acceptors (Lipinski definition) is 6. The zero-order valence-corrected chi connectivity index (χ0v) is 16.4. The molecule has 3 aliphatic rings. The molecule has 0 N–H and O–H groups in total. The summed E-state index contributed by atoms with van der Waals surface area (Å²) in [7, 11) is 0. The Morgan fingerprint density at radius 2 is 1.79 bits per heavy atom. The van der Waals surface area contributed by atoms with E-state index >= 15 is 0 Å². The first-order chi connectivity index (χ1) is 13.6. The molecular weight excluding hydrogens is 376 g/mol. The van der Waals surface area contributed by atoms with Gasteiger partial charge in [-0.3, -0.25) is 19.4 Å². The number of fused-ring (bicyclic) bond motifs is 1. The number of aromatic nitrogens is 1. The van der Waals surface area contributed by atoms with Crippen LogP contribution in [0.4, 0.5) is 4.79 Å². The van der Waals surface area contributed by atoms with Crippen LogP contribution in [0.2, 0.25) is 0 Å². The number of para-hydroxylation sites is 1. The highest BCUT2D eigenvalue weighted by Crippen LogP contribution is 2.37. The van der Waals surface area contributed by atoms with E-state index in [0.717, 1.165) is 65.2 Å². The van der Waals surface area contributed by atoms with Crippen LogP contribution in [0.15, 0.2) is 24.3 Å². The van der Waals surface area contributed by atoms with Gasteiger partial charge in [-0.2, -0.15) is 0 Å². The van der Waals surface area contributed by atoms with E-state index in [4.69, 9.17) is 4.98 Å². The monoisotopic (exact) mass is 398 g/mol. The lowest BCUT2D eigenvalue weighted by Crippen LogP contribution is -2.43. The number of imide groups is 2. The van der Waals surface area contributed by atoms with E-state index in [-0.39, 0.29) is 18.8 Å². The van der Waals surface area contributed by atoms with Gasteiger partial charge >= 0.3 is 17.8 Å². The average Bonchev–Trinajstić information content (AvgIpc) is 3.46. The van der Waals surface area contributed by atoms with E-state index in [1.807, 2.05) is 18.2 Å². The molecule has 4 amide bonds. The molecule has 2 saturated heterocycles. The van der Waals surface area contributed by atoms with Crippen molar-refractivity contribution in [1.29, 1.82) is 0 Å². The molecule has 0 unspecified atom stereocenters. The third-order valence-corrected chi connectivity index (χ3v) is 7.19. The zero-order valence-electron chi connectivity index (χ0n) is 15.5. The highest BCUT2D eigenvalue weighted by Gasteiger charge is 2.49. The van der Waals surface area contributed by atoms with Crippen molar-refractivity contribution in [1.82, 2.24) is 19.7 Å². The van der Waals surface area contributed by atoms with Crippen LogP contribution in [-0.2, 0) is 9.59 Å². The second-order valence-electron chi connectivity index (χ2n) is 7.76. The maximum absolute atomic E-state index is 12.9. The van der Waals surface area contributed by atoms with Gasteiger partial charge < -0.3 is 0 Å². The summed E-state index contributed by atoms with van der Waals surface area (Å²) >= 11 is 1.66. The topological polar surface area (TPSA) is 73.8 Å². The maximum atomic E-state index is 12.9. The summed E-state index contributed by atoms with van der Waals surface area (Å²) in [6, 6.07) is 7.55. The number of benzene rings is 1. The Morgan fingerprint density at radius 3 is 2.57 bits per heavy atom. The molecule has 2 aliphatic heterocycles. The number of nitrogens with zero attached hydrogens (tertiary/aromatic N) is 4. The Morgan fingerprint density at radius 1 is 1.00 bits per heavy atom. The lowest BCUT2D eigenvalue weighted by Gasteiger charge is -2.27. The fraction of sp³-hybridized carbons (Fsp3) is 0.500. The van der Waals surface area contributed by atoms with Gasteiger partial charge in [0.05, 0.1) is 22.9 Å². The number of urea groups is 1. The Bertz CT molecular complexity index is 919. The number of carbonyl (C=O) groups is 3. The zero-order chi connectivity index (χ0) is 19.3. The lowest BCUT2D eigenvalue weighted by atomic mass is 10.2. The minimum absolute atomic E-state index is 0.0774. The smallest absolute Gasteiger partial charge is 0.276 e. The number of rotatable bonds is 4. The quantitative estimate of drug-likeness (QED) is 0.584. The summed E-state index contributed by atoms with van der Waals surface area (Å²) in [5.41, 5.74) is 0.977. The Kier molecular flexibility index (Phi) is 4.40. The predicted molar refractivity (Wildman–Crippen MR) is 105 cm³/mol. The highest BCUT2D eigenvalue weighted by molar-refractivity contribution is 7.18. The summed E-state index contributed by atoms with van der Waals surface area (Å²) in [6.45, 7) is 0.947. The molecule has 0 radical (unpaired) electrons. The van der Waals surface area contributed by atoms with Crippen molar-refractivity contribution >= 4 is 39.4 Å². The van der Waals surface area contributed by atoms with Gasteiger partial charge in [0.25, 0.3) is 0 Å². The molecule has 28 heavy (non-hydrogen) atoms. The van der Waals surface area contributed by atoms with Gasteiger partial charge in [0.1, 0.15) is 5.01 Å². The largest absolute Gasteiger partial charge is 0.335 e. The summed E-state index contributed by atoms with van der Waals surface area (Å²) in [6.07, 6.45) is 5.53. The van der Waals surface area contributed by atoms with Crippen LogP contribution in [0.3, 0.4) is 0 Å². The average molecular weight is 398 g/mol. The molecule has 0 spiro atoms. The van der Waals surface area contributed by atoms with Crippen molar-refractivity contribution in [3.63, 3.8) is 0 Å². The number of amides is 4. The molecule has 0 bridgehead atoms. The van der Waals surface area contributed by atoms with Crippen LogP contribution in [0, 0.1) is 0 Å². The van der Waals surface area contributed by atoms with E-state index in [0.29, 0.717) is 0 Å². The summed E-state index contributed by atoms with van der Waals surface area (Å²) in [5.74, 6) is -1.35. The summed E-state index contributed by atoms with van der Waals surface area (Å²) < 4.78 is 1.14. The molecule has 8 heteroatoms. The number of likely N-dealkylation sites (tertiary alicyclic amines) is 1. The molecule has 1 saturated carbocycles. The minimum Gasteiger partial charge on any atom is -0.276 e. The fourth-order valence-corrected chi connectivity index (χ4v) is 5.76. The molecule has 5 rings (SSSR count). The van der Waals surface area contributed by atoms with Gasteiger partial charge in [-0.05, 0) is 37.8 Å². The van der Waals surface area contributed by atoms with Crippen molar-refractivity contribution in [2.45, 2.75) is 50.6 Å². The molecule has 3 fully saturated rings. The fourth-order valence-electron chi connectivity index (χ4n) is 4.62. The Hall–Kier alpha value is -2.32. The predicted octanol–water partition coefficient (Wildman–Crippen LogP) is 3.12. The Balaban J connectivity index is 1.36. The van der Waals surface area contributed by atoms with Crippen LogP contribution in [0.5, 0.6) is 0 Å². The number of thiazole rings is 1. The lowest BCUT2D eigenvalue weighted by molar-refractivity contribution is -0.144. The maximum Gasteiger partial charge on any atom is 0.335 e. The normalized spacial score (nSPS) is 24.4. The van der Waals surface area contributed by atoms with E-state index < -0.39 is 17.8 Å². The van der Waals surface area contributed by atoms with Crippen LogP contribution in [0.1, 0.15) is 49.6 Å². The van der Waals surface area contributed by atoms with Crippen molar-refractivity contribution < 1.29 is 14.4 Å². The van der Waals surface area contributed by atoms with Crippen molar-refractivity contribution in [3.8, 4) is 0 Å². The van der Waals surface area contributed by atoms with Crippen molar-refractivity contribution in [2.75, 3.05) is 13.2 Å². The van der Waals surface area contributed by atoms with Gasteiger partial charge in [0, 0.05) is 12.6 Å². The van der Waals surface area contributed by atoms with Crippen LogP contribution >= 0.6 is 11.3 Å². The molecule has 146 valence electrons. The standard InChI is InChI=1S/C20H22N4O3S/c25-18-19(26)24(13-6-1-2-7-13)20(27)23(18)12-22-11-5-9-15(22)17-21-14-8-3-4-10-16(14)28-17/h3-4,8,10,13,15H,1-2,5-7,9,11-12H2/t15-/m1/s1. The molecule has 2 aromatic rings. The first-order valence-corrected chi connectivity index (χ1v) is 10.7. The molecule has 1 aromatic heterocycles. The second-order valence-corrected chi connectivity index (χ2v) is 8.82. The van der Waals surface area contributed by atoms with Gasteiger partial charge in [0.15, 0.2) is 0 Å². The van der Waals surface area contributed by atoms with Gasteiger partial charge in [-0.25, -0.2) is 14.7 Å². The van der Waals surface area contributed by atoms with E-state index in [9.17, 15) is 14.4 Å². The first kappa shape index (κ1) is 17.8. The molecule has 1 aromatic carbocycles. The summed E-state index contributed by atoms with van der Waals surface area (Å²) in [5, 5.41) is 1.01. The molecule has 1 aliphatic carbocycles. The van der Waals surface area contributed by atoms with E-state index in [1.165, 1.54) is 4.90 Å². The second kappa shape index (κ2) is 6.93. The first-order valence-electron chi connectivity index (χ1n) is 9.92. The van der Waals surface area contributed by atoms with Gasteiger partial charge in [0.2, 0.25) is 0 Å². The third kappa shape index (κ3) is 2.82. The molecule has 1 atom stereocenters. The summed E-state index contributed by atoms with van der Waals surface area (Å²) in [4.78, 5) is 47.0. The van der Waals surface area contributed by atoms with Crippen LogP contribution in [-0.4, -0.2) is 56.8 Å². The van der Waals surface area contributed by atoms with E-state index in [2.05, 4.69) is 11.0 Å². The van der Waals surface area contributed by atoms with Gasteiger partial charge in [-0.15, -0.1) is 11.3 Å². The molecule has 7 nitrogen and oxygen atoms in total. The van der Waals surface area contributed by atoms with Crippen LogP contribution < -0.4 is 0 Å². The third-order valence-electron chi connectivity index (χ3n) is 6.06. The SMILES string of the molecule is O=C1C(=O)N(C2CCCC2)C(=O)N1CN1CCC[C@@H]1c1nc2ccccc2s1. The highest BCUT2D eigenvalue weighted by atomic mass is 32.1. The number of carbonyl (C=O) groups excluding carboxylic acids is 3. The van der Waals surface area contributed by atoms with Gasteiger partial charge in [-0.1, -0.05) is 25.0 Å². The molecular formula is C20H22N4O3S. The van der Waals surface area contributed by atoms with Crippen molar-refractivity contribution in [3.05, 3.63) is 29.3 Å².